The van der Waals surface area contributed by atoms with Gasteiger partial charge in [-0.3, -0.25) is 0 Å². The molecule has 0 saturated heterocycles. The summed E-state index contributed by atoms with van der Waals surface area (Å²) in [6.45, 7) is 0. The van der Waals surface area contributed by atoms with Crippen molar-refractivity contribution in [2.75, 3.05) is 0 Å². The van der Waals surface area contributed by atoms with Crippen molar-refractivity contribution in [1.82, 2.24) is 0 Å². The first kappa shape index (κ1) is 9.92. The Labute approximate surface area is 86.6 Å². The molecule has 0 amide bonds. The van der Waals surface area contributed by atoms with Gasteiger partial charge in [0.15, 0.2) is 0 Å². The second-order valence-electron chi connectivity index (χ2n) is 3.14. The van der Waals surface area contributed by atoms with E-state index in [0.717, 1.165) is 5.41 Å². The van der Waals surface area contributed by atoms with Gasteiger partial charge in [-0.05, 0) is 23.8 Å². The molecule has 0 atom stereocenters. The number of benzene rings is 1. The highest BCUT2D eigenvalue weighted by Crippen LogP contribution is 2.27. The number of halogens is 1. The molecule has 15 heavy (non-hydrogen) atoms. The van der Waals surface area contributed by atoms with Crippen LogP contribution in [0.2, 0.25) is 0 Å². The summed E-state index contributed by atoms with van der Waals surface area (Å²) in [5.41, 5.74) is 6.25. The fourth-order valence-corrected chi connectivity index (χ4v) is 2.32. The molecule has 0 spiro atoms. The van der Waals surface area contributed by atoms with Gasteiger partial charge in [0.2, 0.25) is 9.84 Å². The molecule has 1 aliphatic rings. The summed E-state index contributed by atoms with van der Waals surface area (Å²) in [6, 6.07) is 5.64. The Morgan fingerprint density at radius 2 is 2.00 bits per heavy atom. The maximum atomic E-state index is 12.9. The van der Waals surface area contributed by atoms with E-state index in [2.05, 4.69) is 0 Å². The largest absolute Gasteiger partial charge is 0.389 e. The van der Waals surface area contributed by atoms with E-state index in [1.807, 2.05) is 0 Å². The number of nitrogens with two attached hydrogens (primary N) is 1. The quantitative estimate of drug-likeness (QED) is 0.785. The summed E-state index contributed by atoms with van der Waals surface area (Å²) >= 11 is 0. The van der Waals surface area contributed by atoms with Crippen LogP contribution in [0.5, 0.6) is 0 Å². The normalized spacial score (nSPS) is 18.5. The molecular formula is C10H8FNO2S. The second kappa shape index (κ2) is 3.20. The average Bonchev–Trinajstić information content (AvgIpc) is 2.42. The van der Waals surface area contributed by atoms with Gasteiger partial charge < -0.3 is 5.73 Å². The lowest BCUT2D eigenvalue weighted by Gasteiger charge is -2.01. The minimum absolute atomic E-state index is 0.229. The lowest BCUT2D eigenvalue weighted by molar-refractivity contribution is 0.610. The van der Waals surface area contributed by atoms with Crippen LogP contribution in [0.25, 0.3) is 5.57 Å². The molecule has 5 heteroatoms. The zero-order valence-corrected chi connectivity index (χ0v) is 8.46. The highest BCUT2D eigenvalue weighted by Gasteiger charge is 2.22. The summed E-state index contributed by atoms with van der Waals surface area (Å²) in [5, 5.41) is 0.788. The molecule has 1 aromatic rings. The fraction of sp³-hybridized carbons (Fsp3) is 0. The first-order chi connectivity index (χ1) is 7.00. The van der Waals surface area contributed by atoms with Crippen LogP contribution in [0, 0.1) is 5.82 Å². The third-order valence-electron chi connectivity index (χ3n) is 2.12. The summed E-state index contributed by atoms with van der Waals surface area (Å²) < 4.78 is 35.4. The molecule has 0 unspecified atom stereocenters. The molecule has 2 N–H and O–H groups in total. The Kier molecular flexibility index (Phi) is 2.12. The van der Waals surface area contributed by atoms with Gasteiger partial charge in [0.25, 0.3) is 0 Å². The van der Waals surface area contributed by atoms with E-state index < -0.39 is 15.7 Å². The maximum absolute atomic E-state index is 12.9. The molecule has 0 bridgehead atoms. The molecule has 0 radical (unpaired) electrons. The van der Waals surface area contributed by atoms with Gasteiger partial charge in [-0.1, -0.05) is 12.1 Å². The summed E-state index contributed by atoms with van der Waals surface area (Å²) in [5.74, 6) is -0.425. The van der Waals surface area contributed by atoms with E-state index in [9.17, 15) is 12.8 Å². The first-order valence-electron chi connectivity index (χ1n) is 4.19. The molecule has 0 aromatic heterocycles. The number of hydrogen-bond acceptors (Lipinski definition) is 3. The monoisotopic (exact) mass is 225 g/mol. The van der Waals surface area contributed by atoms with Crippen molar-refractivity contribution >= 4 is 15.4 Å². The molecule has 1 aliphatic heterocycles. The van der Waals surface area contributed by atoms with Gasteiger partial charge in [0.05, 0.1) is 0 Å². The Bertz CT molecular complexity index is 573. The molecule has 78 valence electrons. The lowest BCUT2D eigenvalue weighted by Crippen LogP contribution is -2.07. The van der Waals surface area contributed by atoms with Crippen molar-refractivity contribution < 1.29 is 12.8 Å². The van der Waals surface area contributed by atoms with Crippen molar-refractivity contribution in [3.8, 4) is 0 Å². The highest BCUT2D eigenvalue weighted by atomic mass is 32.2. The lowest BCUT2D eigenvalue weighted by atomic mass is 10.1. The zero-order chi connectivity index (χ0) is 11.1. The van der Waals surface area contributed by atoms with E-state index in [0.29, 0.717) is 11.1 Å². The third kappa shape index (κ3) is 1.66. The molecule has 3 nitrogen and oxygen atoms in total. The van der Waals surface area contributed by atoms with Gasteiger partial charge in [-0.15, -0.1) is 0 Å². The Hall–Kier alpha value is -1.62. The highest BCUT2D eigenvalue weighted by molar-refractivity contribution is 7.98. The van der Waals surface area contributed by atoms with Crippen molar-refractivity contribution in [3.05, 3.63) is 52.2 Å². The molecule has 0 saturated carbocycles. The third-order valence-corrected chi connectivity index (χ3v) is 3.45. The van der Waals surface area contributed by atoms with Gasteiger partial charge in [-0.2, -0.15) is 0 Å². The van der Waals surface area contributed by atoms with Crippen molar-refractivity contribution in [1.29, 1.82) is 0 Å². The number of rotatable bonds is 1. The molecule has 1 heterocycles. The Morgan fingerprint density at radius 3 is 2.53 bits per heavy atom. The average molecular weight is 225 g/mol. The number of allylic oxidation sites excluding steroid dienone is 2. The van der Waals surface area contributed by atoms with Gasteiger partial charge in [-0.25, -0.2) is 12.8 Å². The smallest absolute Gasteiger partial charge is 0.215 e. The minimum atomic E-state index is -3.48. The van der Waals surface area contributed by atoms with Crippen molar-refractivity contribution in [2.24, 2.45) is 5.73 Å². The van der Waals surface area contributed by atoms with Crippen LogP contribution in [0.4, 0.5) is 4.39 Å². The van der Waals surface area contributed by atoms with Gasteiger partial charge in [0.1, 0.15) is 10.8 Å². The second-order valence-corrected chi connectivity index (χ2v) is 4.94. The topological polar surface area (TPSA) is 60.2 Å². The predicted molar refractivity (Wildman–Crippen MR) is 55.6 cm³/mol. The summed E-state index contributed by atoms with van der Waals surface area (Å²) in [7, 11) is -3.48. The van der Waals surface area contributed by atoms with Gasteiger partial charge >= 0.3 is 0 Å². The maximum Gasteiger partial charge on any atom is 0.215 e. The summed E-state index contributed by atoms with van der Waals surface area (Å²) in [4.78, 5) is 0. The van der Waals surface area contributed by atoms with E-state index in [4.69, 9.17) is 5.73 Å². The van der Waals surface area contributed by atoms with Crippen LogP contribution in [0.1, 0.15) is 5.56 Å². The Morgan fingerprint density at radius 1 is 1.27 bits per heavy atom. The molecule has 1 aromatic carbocycles. The first-order valence-corrected chi connectivity index (χ1v) is 5.74. The van der Waals surface area contributed by atoms with Crippen molar-refractivity contribution in [2.45, 2.75) is 0 Å². The molecule has 2 rings (SSSR count). The standard InChI is InChI=1S/C10H8FNO2S/c11-8-3-1-2-7(6-8)9-4-5-15(13,14)10(9)12/h1-6H,12H2. The zero-order valence-electron chi connectivity index (χ0n) is 7.64. The SMILES string of the molecule is NC1=C(c2cccc(F)c2)C=CS1(=O)=O. The van der Waals surface area contributed by atoms with Crippen LogP contribution in [0.3, 0.4) is 0 Å². The van der Waals surface area contributed by atoms with Crippen LogP contribution in [-0.4, -0.2) is 8.42 Å². The van der Waals surface area contributed by atoms with Crippen molar-refractivity contribution in [3.63, 3.8) is 0 Å². The van der Waals surface area contributed by atoms with E-state index in [1.165, 1.54) is 24.3 Å². The minimum Gasteiger partial charge on any atom is -0.389 e. The Balaban J connectivity index is 2.60. The van der Waals surface area contributed by atoms with Crippen LogP contribution in [0.15, 0.2) is 40.8 Å². The predicted octanol–water partition coefficient (Wildman–Crippen LogP) is 1.40. The van der Waals surface area contributed by atoms with E-state index >= 15 is 0 Å². The van der Waals surface area contributed by atoms with Crippen LogP contribution in [-0.2, 0) is 9.84 Å². The molecule has 0 aliphatic carbocycles. The van der Waals surface area contributed by atoms with E-state index in [-0.39, 0.29) is 5.03 Å². The van der Waals surface area contributed by atoms with Crippen LogP contribution >= 0.6 is 0 Å². The van der Waals surface area contributed by atoms with Gasteiger partial charge in [0, 0.05) is 11.0 Å². The number of sulfone groups is 1. The van der Waals surface area contributed by atoms with E-state index in [1.54, 1.807) is 6.07 Å². The molecule has 0 fully saturated rings. The van der Waals surface area contributed by atoms with Crippen LogP contribution < -0.4 is 5.73 Å². The fourth-order valence-electron chi connectivity index (χ4n) is 1.36. The number of hydrogen-bond donors (Lipinski definition) is 1. The molecular weight excluding hydrogens is 217 g/mol. The summed E-state index contributed by atoms with van der Waals surface area (Å²) in [6.07, 6.45) is 1.37.